The minimum absolute atomic E-state index is 0.0126. The Bertz CT molecular complexity index is 1420. The molecule has 3 aromatic carbocycles. The molecule has 1 aromatic heterocycles. The maximum Gasteiger partial charge on any atom is 0.271 e. The first-order valence-electron chi connectivity index (χ1n) is 9.85. The van der Waals surface area contributed by atoms with Gasteiger partial charge in [-0.2, -0.15) is 5.10 Å². The van der Waals surface area contributed by atoms with E-state index in [1.165, 1.54) is 30.7 Å². The second-order valence-electron chi connectivity index (χ2n) is 7.05. The van der Waals surface area contributed by atoms with Crippen LogP contribution in [0.2, 0.25) is 5.02 Å². The number of anilines is 1. The maximum atomic E-state index is 12.7. The number of methoxy groups -OCH3 is 1. The van der Waals surface area contributed by atoms with Crippen LogP contribution in [-0.4, -0.2) is 30.2 Å². The van der Waals surface area contributed by atoms with Gasteiger partial charge in [0.2, 0.25) is 0 Å². The zero-order valence-corrected chi connectivity index (χ0v) is 20.8. The number of thiophene rings is 1. The summed E-state index contributed by atoms with van der Waals surface area (Å²) >= 11 is 11.1. The number of nitrogens with zero attached hydrogens (tertiary/aromatic N) is 1. The summed E-state index contributed by atoms with van der Waals surface area (Å²) in [5.74, 6) is -0.428. The number of halogens is 2. The molecule has 0 bridgehead atoms. The molecular weight excluding hydrogens is 542 g/mol. The van der Waals surface area contributed by atoms with Gasteiger partial charge in [0.1, 0.15) is 4.88 Å². The Labute approximate surface area is 212 Å². The summed E-state index contributed by atoms with van der Waals surface area (Å²) in [6, 6.07) is 16.7. The largest absolute Gasteiger partial charge is 0.504 e. The third kappa shape index (κ3) is 5.22. The SMILES string of the molecule is COc1cc(/C=N\NC(=O)c2ccc(NC(=O)c3sc4cc(Br)ccc4c3Cl)cc2)ccc1O. The molecule has 34 heavy (non-hydrogen) atoms. The summed E-state index contributed by atoms with van der Waals surface area (Å²) in [6.45, 7) is 0. The van der Waals surface area contributed by atoms with Crippen LogP contribution >= 0.6 is 38.9 Å². The van der Waals surface area contributed by atoms with Gasteiger partial charge in [-0.25, -0.2) is 5.43 Å². The van der Waals surface area contributed by atoms with E-state index in [2.05, 4.69) is 31.8 Å². The first-order valence-corrected chi connectivity index (χ1v) is 11.8. The van der Waals surface area contributed by atoms with Crippen molar-refractivity contribution < 1.29 is 19.4 Å². The smallest absolute Gasteiger partial charge is 0.271 e. The Hall–Kier alpha value is -3.40. The van der Waals surface area contributed by atoms with Crippen LogP contribution in [0.15, 0.2) is 70.2 Å². The van der Waals surface area contributed by atoms with E-state index in [0.29, 0.717) is 32.5 Å². The molecule has 0 radical (unpaired) electrons. The average Bonchev–Trinajstić information content (AvgIpc) is 3.16. The molecule has 0 spiro atoms. The van der Waals surface area contributed by atoms with E-state index in [1.807, 2.05) is 18.2 Å². The van der Waals surface area contributed by atoms with Gasteiger partial charge in [0.05, 0.1) is 18.3 Å². The fraction of sp³-hybridized carbons (Fsp3) is 0.0417. The van der Waals surface area contributed by atoms with Crippen molar-refractivity contribution in [1.82, 2.24) is 5.43 Å². The number of benzene rings is 3. The van der Waals surface area contributed by atoms with Crippen molar-refractivity contribution in [2.45, 2.75) is 0 Å². The van der Waals surface area contributed by atoms with Crippen molar-refractivity contribution in [2.75, 3.05) is 12.4 Å². The van der Waals surface area contributed by atoms with Crippen LogP contribution < -0.4 is 15.5 Å². The van der Waals surface area contributed by atoms with Gasteiger partial charge < -0.3 is 15.2 Å². The van der Waals surface area contributed by atoms with E-state index in [1.54, 1.807) is 36.4 Å². The normalized spacial score (nSPS) is 11.0. The topological polar surface area (TPSA) is 100 Å². The number of hydrogen-bond donors (Lipinski definition) is 3. The van der Waals surface area contributed by atoms with Gasteiger partial charge in [-0.15, -0.1) is 11.3 Å². The van der Waals surface area contributed by atoms with Gasteiger partial charge in [-0.3, -0.25) is 9.59 Å². The van der Waals surface area contributed by atoms with Gasteiger partial charge in [-0.05, 0) is 60.2 Å². The van der Waals surface area contributed by atoms with Crippen LogP contribution in [0.4, 0.5) is 5.69 Å². The molecule has 0 aliphatic rings. The highest BCUT2D eigenvalue weighted by Crippen LogP contribution is 2.37. The van der Waals surface area contributed by atoms with Gasteiger partial charge in [0, 0.05) is 25.8 Å². The fourth-order valence-electron chi connectivity index (χ4n) is 3.08. The highest BCUT2D eigenvalue weighted by atomic mass is 79.9. The number of aromatic hydroxyl groups is 1. The summed E-state index contributed by atoms with van der Waals surface area (Å²) in [5.41, 5.74) is 3.96. The number of hydrogen-bond acceptors (Lipinski definition) is 6. The highest BCUT2D eigenvalue weighted by Gasteiger charge is 2.17. The second-order valence-corrected chi connectivity index (χ2v) is 9.39. The number of phenols is 1. The predicted molar refractivity (Wildman–Crippen MR) is 139 cm³/mol. The molecule has 172 valence electrons. The zero-order chi connectivity index (χ0) is 24.2. The van der Waals surface area contributed by atoms with Crippen molar-refractivity contribution >= 4 is 72.7 Å². The standard InChI is InChI=1S/C24H17BrClN3O4S/c1-33-19-10-13(2-9-18(19)30)12-27-29-23(31)14-3-6-16(7-4-14)28-24(32)22-21(26)17-8-5-15(25)11-20(17)34-22/h2-12,30H,1H3,(H,28,32)(H,29,31)/b27-12-. The lowest BCUT2D eigenvalue weighted by atomic mass is 10.2. The first-order chi connectivity index (χ1) is 16.4. The third-order valence-corrected chi connectivity index (χ3v) is 6.94. The van der Waals surface area contributed by atoms with Crippen LogP contribution in [0.1, 0.15) is 25.6 Å². The average molecular weight is 559 g/mol. The van der Waals surface area contributed by atoms with Gasteiger partial charge in [0.15, 0.2) is 11.5 Å². The Morgan fingerprint density at radius 3 is 2.59 bits per heavy atom. The van der Waals surface area contributed by atoms with Crippen LogP contribution in [0.25, 0.3) is 10.1 Å². The number of nitrogens with one attached hydrogen (secondary N) is 2. The molecule has 4 aromatic rings. The van der Waals surface area contributed by atoms with E-state index in [-0.39, 0.29) is 11.7 Å². The predicted octanol–water partition coefficient (Wildman–Crippen LogP) is 6.05. The Kier molecular flexibility index (Phi) is 7.16. The van der Waals surface area contributed by atoms with E-state index in [4.69, 9.17) is 16.3 Å². The summed E-state index contributed by atoms with van der Waals surface area (Å²) in [4.78, 5) is 25.5. The lowest BCUT2D eigenvalue weighted by Crippen LogP contribution is -2.17. The molecule has 4 rings (SSSR count). The number of fused-ring (bicyclic) bond motifs is 1. The van der Waals surface area contributed by atoms with E-state index in [0.717, 1.165) is 14.6 Å². The van der Waals surface area contributed by atoms with Crippen molar-refractivity contribution in [2.24, 2.45) is 5.10 Å². The number of amides is 2. The number of carbonyl (C=O) groups excluding carboxylic acids is 2. The lowest BCUT2D eigenvalue weighted by Gasteiger charge is -2.06. The molecule has 2 amide bonds. The molecule has 10 heteroatoms. The quantitative estimate of drug-likeness (QED) is 0.198. The Morgan fingerprint density at radius 2 is 1.85 bits per heavy atom. The number of ether oxygens (including phenoxy) is 1. The van der Waals surface area contributed by atoms with Crippen LogP contribution in [-0.2, 0) is 0 Å². The molecule has 3 N–H and O–H groups in total. The number of carbonyl (C=O) groups is 2. The molecule has 0 saturated carbocycles. The van der Waals surface area contributed by atoms with E-state index >= 15 is 0 Å². The molecule has 0 unspecified atom stereocenters. The van der Waals surface area contributed by atoms with Crippen molar-refractivity contribution in [3.05, 3.63) is 86.2 Å². The number of hydrazone groups is 1. The third-order valence-electron chi connectivity index (χ3n) is 4.79. The molecule has 0 aliphatic carbocycles. The molecule has 7 nitrogen and oxygen atoms in total. The van der Waals surface area contributed by atoms with Gasteiger partial charge >= 0.3 is 0 Å². The highest BCUT2D eigenvalue weighted by molar-refractivity contribution is 9.10. The zero-order valence-electron chi connectivity index (χ0n) is 17.6. The van der Waals surface area contributed by atoms with Crippen molar-refractivity contribution in [3.8, 4) is 11.5 Å². The summed E-state index contributed by atoms with van der Waals surface area (Å²) in [6.07, 6.45) is 1.43. The molecular formula is C24H17BrClN3O4S. The Balaban J connectivity index is 1.39. The molecule has 0 fully saturated rings. The number of phenolic OH excluding ortho intramolecular Hbond substituents is 1. The monoisotopic (exact) mass is 557 g/mol. The molecule has 1 heterocycles. The molecule has 0 atom stereocenters. The molecule has 0 saturated heterocycles. The summed E-state index contributed by atoms with van der Waals surface area (Å²) < 4.78 is 6.85. The maximum absolute atomic E-state index is 12.7. The van der Waals surface area contributed by atoms with Gasteiger partial charge in [-0.1, -0.05) is 33.6 Å². The van der Waals surface area contributed by atoms with Crippen LogP contribution in [0, 0.1) is 0 Å². The second kappa shape index (κ2) is 10.3. The fourth-order valence-corrected chi connectivity index (χ4v) is 5.05. The number of rotatable bonds is 6. The Morgan fingerprint density at radius 1 is 1.09 bits per heavy atom. The minimum atomic E-state index is -0.419. The molecule has 0 aliphatic heterocycles. The summed E-state index contributed by atoms with van der Waals surface area (Å²) in [7, 11) is 1.44. The lowest BCUT2D eigenvalue weighted by molar-refractivity contribution is 0.0954. The summed E-state index contributed by atoms with van der Waals surface area (Å²) in [5, 5.41) is 17.6. The van der Waals surface area contributed by atoms with Crippen molar-refractivity contribution in [3.63, 3.8) is 0 Å². The van der Waals surface area contributed by atoms with E-state index in [9.17, 15) is 14.7 Å². The first kappa shape index (κ1) is 23.7. The van der Waals surface area contributed by atoms with Crippen LogP contribution in [0.3, 0.4) is 0 Å². The van der Waals surface area contributed by atoms with E-state index < -0.39 is 5.91 Å². The van der Waals surface area contributed by atoms with Gasteiger partial charge in [0.25, 0.3) is 11.8 Å². The van der Waals surface area contributed by atoms with Crippen molar-refractivity contribution in [1.29, 1.82) is 0 Å². The van der Waals surface area contributed by atoms with Crippen LogP contribution in [0.5, 0.6) is 11.5 Å². The minimum Gasteiger partial charge on any atom is -0.504 e.